The van der Waals surface area contributed by atoms with Crippen LogP contribution in [0.25, 0.3) is 11.0 Å². The molecule has 0 amide bonds. The average molecular weight is 216 g/mol. The lowest BCUT2D eigenvalue weighted by atomic mass is 9.94. The highest BCUT2D eigenvalue weighted by Crippen LogP contribution is 2.27. The minimum absolute atomic E-state index is 0.543. The van der Waals surface area contributed by atoms with Crippen LogP contribution in [0, 0.1) is 0 Å². The molecule has 16 heavy (non-hydrogen) atoms. The lowest BCUT2D eigenvalue weighted by Gasteiger charge is -2.21. The predicted octanol–water partition coefficient (Wildman–Crippen LogP) is 1.44. The second kappa shape index (κ2) is 3.87. The van der Waals surface area contributed by atoms with Gasteiger partial charge in [0.15, 0.2) is 5.65 Å². The molecule has 1 atom stereocenters. The summed E-state index contributed by atoms with van der Waals surface area (Å²) in [6.45, 7) is 2.18. The van der Waals surface area contributed by atoms with Crippen LogP contribution in [-0.2, 0) is 7.05 Å². The summed E-state index contributed by atoms with van der Waals surface area (Å²) < 4.78 is 1.89. The molecular weight excluding hydrogens is 200 g/mol. The summed E-state index contributed by atoms with van der Waals surface area (Å²) in [5, 5.41) is 9.27. The molecule has 0 spiro atoms. The first-order chi connectivity index (χ1) is 7.86. The van der Waals surface area contributed by atoms with Crippen molar-refractivity contribution < 1.29 is 0 Å². The fraction of sp³-hybridized carbons (Fsp3) is 0.500. The molecule has 84 valence electrons. The van der Waals surface area contributed by atoms with Gasteiger partial charge < -0.3 is 5.32 Å². The molecule has 0 aliphatic carbocycles. The Hall–Kier alpha value is -1.42. The molecule has 4 nitrogen and oxygen atoms in total. The number of aromatic nitrogens is 3. The van der Waals surface area contributed by atoms with Crippen LogP contribution in [-0.4, -0.2) is 27.9 Å². The molecule has 1 aliphatic heterocycles. The Kier molecular flexibility index (Phi) is 2.36. The average Bonchev–Trinajstić information content (AvgIpc) is 2.69. The molecule has 0 unspecified atom stereocenters. The van der Waals surface area contributed by atoms with Crippen molar-refractivity contribution in [3.05, 3.63) is 24.0 Å². The lowest BCUT2D eigenvalue weighted by molar-refractivity contribution is 0.453. The fourth-order valence-electron chi connectivity index (χ4n) is 2.50. The summed E-state index contributed by atoms with van der Waals surface area (Å²) >= 11 is 0. The van der Waals surface area contributed by atoms with E-state index in [-0.39, 0.29) is 0 Å². The van der Waals surface area contributed by atoms with Gasteiger partial charge in [-0.2, -0.15) is 5.10 Å². The van der Waals surface area contributed by atoms with Gasteiger partial charge in [0.05, 0.1) is 5.69 Å². The molecule has 2 aromatic rings. The molecule has 1 aliphatic rings. The number of nitrogens with zero attached hydrogens (tertiary/aromatic N) is 3. The summed E-state index contributed by atoms with van der Waals surface area (Å²) in [6.07, 6.45) is 4.30. The van der Waals surface area contributed by atoms with E-state index in [9.17, 15) is 0 Å². The van der Waals surface area contributed by atoms with E-state index in [2.05, 4.69) is 21.5 Å². The standard InChI is InChI=1S/C12H16N4/c1-16-12-10(5-3-7-14-12)11(15-16)9-4-2-6-13-8-9/h3,5,7,9,13H,2,4,6,8H2,1H3/t9-/m0/s1. The van der Waals surface area contributed by atoms with Crippen molar-refractivity contribution in [2.45, 2.75) is 18.8 Å². The van der Waals surface area contributed by atoms with Crippen LogP contribution in [0.3, 0.4) is 0 Å². The number of piperidine rings is 1. The molecule has 1 saturated heterocycles. The Balaban J connectivity index is 2.08. The SMILES string of the molecule is Cn1nc([C@H]2CCCNC2)c2cccnc21. The topological polar surface area (TPSA) is 42.7 Å². The number of rotatable bonds is 1. The van der Waals surface area contributed by atoms with Crippen LogP contribution >= 0.6 is 0 Å². The maximum Gasteiger partial charge on any atom is 0.157 e. The summed E-state index contributed by atoms with van der Waals surface area (Å²) in [7, 11) is 1.97. The van der Waals surface area contributed by atoms with Crippen molar-refractivity contribution >= 4 is 11.0 Å². The predicted molar refractivity (Wildman–Crippen MR) is 63.4 cm³/mol. The minimum Gasteiger partial charge on any atom is -0.316 e. The highest BCUT2D eigenvalue weighted by Gasteiger charge is 2.21. The molecule has 3 rings (SSSR count). The minimum atomic E-state index is 0.543. The van der Waals surface area contributed by atoms with Crippen LogP contribution in [0.15, 0.2) is 18.3 Å². The summed E-state index contributed by atoms with van der Waals surface area (Å²) in [5.74, 6) is 0.543. The molecule has 0 aromatic carbocycles. The lowest BCUT2D eigenvalue weighted by Crippen LogP contribution is -2.28. The van der Waals surface area contributed by atoms with Crippen molar-refractivity contribution in [1.29, 1.82) is 0 Å². The van der Waals surface area contributed by atoms with Crippen LogP contribution < -0.4 is 5.32 Å². The number of fused-ring (bicyclic) bond motifs is 1. The Labute approximate surface area is 94.7 Å². The summed E-state index contributed by atoms with van der Waals surface area (Å²) in [5.41, 5.74) is 2.20. The van der Waals surface area contributed by atoms with Gasteiger partial charge in [-0.3, -0.25) is 4.68 Å². The van der Waals surface area contributed by atoms with Crippen LogP contribution in [0.4, 0.5) is 0 Å². The maximum atomic E-state index is 4.63. The Morgan fingerprint density at radius 2 is 2.44 bits per heavy atom. The molecule has 0 saturated carbocycles. The first-order valence-corrected chi connectivity index (χ1v) is 5.84. The number of nitrogens with one attached hydrogen (secondary N) is 1. The molecule has 4 heteroatoms. The molecule has 3 heterocycles. The quantitative estimate of drug-likeness (QED) is 0.784. The third-order valence-electron chi connectivity index (χ3n) is 3.31. The highest BCUT2D eigenvalue weighted by molar-refractivity contribution is 5.78. The van der Waals surface area contributed by atoms with Gasteiger partial charge in [0.2, 0.25) is 0 Å². The monoisotopic (exact) mass is 216 g/mol. The van der Waals surface area contributed by atoms with Gasteiger partial charge in [0.1, 0.15) is 0 Å². The van der Waals surface area contributed by atoms with Gasteiger partial charge in [0.25, 0.3) is 0 Å². The summed E-state index contributed by atoms with van der Waals surface area (Å²) in [6, 6.07) is 4.11. The van der Waals surface area contributed by atoms with Gasteiger partial charge >= 0.3 is 0 Å². The van der Waals surface area contributed by atoms with Crippen LogP contribution in [0.5, 0.6) is 0 Å². The van der Waals surface area contributed by atoms with Gasteiger partial charge in [-0.1, -0.05) is 0 Å². The second-order valence-corrected chi connectivity index (χ2v) is 4.43. The fourth-order valence-corrected chi connectivity index (χ4v) is 2.50. The smallest absolute Gasteiger partial charge is 0.157 e. The first-order valence-electron chi connectivity index (χ1n) is 5.84. The van der Waals surface area contributed by atoms with E-state index in [1.54, 1.807) is 0 Å². The molecule has 1 fully saturated rings. The molecular formula is C12H16N4. The summed E-state index contributed by atoms with van der Waals surface area (Å²) in [4.78, 5) is 4.38. The van der Waals surface area contributed by atoms with Gasteiger partial charge in [-0.05, 0) is 31.5 Å². The molecule has 0 bridgehead atoms. The van der Waals surface area contributed by atoms with E-state index in [4.69, 9.17) is 0 Å². The zero-order chi connectivity index (χ0) is 11.0. The zero-order valence-corrected chi connectivity index (χ0v) is 9.48. The molecule has 2 aromatic heterocycles. The van der Waals surface area contributed by atoms with E-state index in [0.717, 1.165) is 18.7 Å². The van der Waals surface area contributed by atoms with Gasteiger partial charge in [-0.15, -0.1) is 0 Å². The maximum absolute atomic E-state index is 4.63. The number of hydrogen-bond acceptors (Lipinski definition) is 3. The number of aryl methyl sites for hydroxylation is 1. The van der Waals surface area contributed by atoms with Gasteiger partial charge in [-0.25, -0.2) is 4.98 Å². The van der Waals surface area contributed by atoms with Crippen molar-refractivity contribution in [3.8, 4) is 0 Å². The Morgan fingerprint density at radius 1 is 1.50 bits per heavy atom. The van der Waals surface area contributed by atoms with Crippen LogP contribution in [0.2, 0.25) is 0 Å². The Bertz CT molecular complexity index is 497. The molecule has 1 N–H and O–H groups in total. The van der Waals surface area contributed by atoms with Gasteiger partial charge in [0, 0.05) is 31.1 Å². The normalized spacial score (nSPS) is 21.4. The zero-order valence-electron chi connectivity index (χ0n) is 9.48. The van der Waals surface area contributed by atoms with E-state index in [1.165, 1.54) is 23.9 Å². The third kappa shape index (κ3) is 1.50. The number of pyridine rings is 1. The molecule has 0 radical (unpaired) electrons. The van der Waals surface area contributed by atoms with E-state index < -0.39 is 0 Å². The largest absolute Gasteiger partial charge is 0.316 e. The third-order valence-corrected chi connectivity index (χ3v) is 3.31. The van der Waals surface area contributed by atoms with Crippen molar-refractivity contribution in [3.63, 3.8) is 0 Å². The van der Waals surface area contributed by atoms with Crippen molar-refractivity contribution in [2.75, 3.05) is 13.1 Å². The van der Waals surface area contributed by atoms with E-state index in [1.807, 2.05) is 24.0 Å². The highest BCUT2D eigenvalue weighted by atomic mass is 15.3. The van der Waals surface area contributed by atoms with E-state index in [0.29, 0.717) is 5.92 Å². The van der Waals surface area contributed by atoms with Crippen LogP contribution in [0.1, 0.15) is 24.5 Å². The first kappa shape index (κ1) is 9.78. The van der Waals surface area contributed by atoms with Crippen molar-refractivity contribution in [2.24, 2.45) is 7.05 Å². The van der Waals surface area contributed by atoms with Crippen molar-refractivity contribution in [1.82, 2.24) is 20.1 Å². The van der Waals surface area contributed by atoms with E-state index >= 15 is 0 Å². The number of hydrogen-bond donors (Lipinski definition) is 1. The Morgan fingerprint density at radius 3 is 3.25 bits per heavy atom. The second-order valence-electron chi connectivity index (χ2n) is 4.43.